The molecular weight excluding hydrogens is 180 g/mol. The molecule has 0 radical (unpaired) electrons. The van der Waals surface area contributed by atoms with Gasteiger partial charge in [-0.3, -0.25) is 4.57 Å². The summed E-state index contributed by atoms with van der Waals surface area (Å²) >= 11 is 0. The Kier molecular flexibility index (Phi) is 18.1. The van der Waals surface area contributed by atoms with Crippen LogP contribution in [-0.2, 0) is 4.57 Å². The predicted molar refractivity (Wildman–Crippen MR) is 36.3 cm³/mol. The number of hydrogen-bond donors (Lipinski definition) is 3. The third kappa shape index (κ3) is 96.6. The fourth-order valence-corrected chi connectivity index (χ4v) is 0.250. The first-order chi connectivity index (χ1) is 4.41. The molecule has 5 nitrogen and oxygen atoms in total. The first kappa shape index (κ1) is 18.0. The first-order valence-corrected chi connectivity index (χ1v) is 4.42. The van der Waals surface area contributed by atoms with Crippen LogP contribution in [0.25, 0.3) is 0 Å². The van der Waals surface area contributed by atoms with Crippen LogP contribution in [0.1, 0.15) is 13.8 Å². The molecule has 0 aliphatic carbocycles. The molecule has 0 aromatic rings. The van der Waals surface area contributed by atoms with Gasteiger partial charge in [0, 0.05) is 0 Å². The molecule has 0 bridgehead atoms. The average Bonchev–Trinajstić information content (AvgIpc) is 1.63. The van der Waals surface area contributed by atoms with Gasteiger partial charge < -0.3 is 20.0 Å². The molecule has 0 aromatic carbocycles. The summed E-state index contributed by atoms with van der Waals surface area (Å²) in [7, 11) is -4.89. The minimum atomic E-state index is -4.89. The van der Waals surface area contributed by atoms with Crippen molar-refractivity contribution in [3.05, 3.63) is 0 Å². The second-order valence-corrected chi connectivity index (χ2v) is 2.43. The van der Waals surface area contributed by atoms with Crippen molar-refractivity contribution in [2.45, 2.75) is 13.8 Å². The van der Waals surface area contributed by atoms with E-state index < -0.39 is 7.82 Å². The quantitative estimate of drug-likeness (QED) is 0.307. The molecule has 0 atom stereocenters. The van der Waals surface area contributed by atoms with Crippen LogP contribution in [-0.4, -0.2) is 22.9 Å². The molecule has 7 heteroatoms. The summed E-state index contributed by atoms with van der Waals surface area (Å²) in [6.45, 7) is 6.39. The smallest absolute Gasteiger partial charge is 0.756 e. The number of phosphoric acid groups is 1. The zero-order chi connectivity index (χ0) is 8.62. The summed E-state index contributed by atoms with van der Waals surface area (Å²) in [6, 6.07) is 0. The van der Waals surface area contributed by atoms with E-state index in [9.17, 15) is 0 Å². The summed E-state index contributed by atoms with van der Waals surface area (Å²) in [4.78, 5) is 22.9. The third-order valence-electron chi connectivity index (χ3n) is 0.500. The van der Waals surface area contributed by atoms with Crippen molar-refractivity contribution in [1.82, 2.24) is 5.32 Å². The second-order valence-electron chi connectivity index (χ2n) is 1.45. The van der Waals surface area contributed by atoms with Gasteiger partial charge in [0.05, 0.1) is 0 Å². The van der Waals surface area contributed by atoms with Crippen LogP contribution >= 0.6 is 7.82 Å². The van der Waals surface area contributed by atoms with Gasteiger partial charge in [0.2, 0.25) is 0 Å². The minimum absolute atomic E-state index is 0. The minimum Gasteiger partial charge on any atom is -0.756 e. The van der Waals surface area contributed by atoms with Crippen molar-refractivity contribution in [3.63, 3.8) is 0 Å². The Balaban J connectivity index is -0.000000107. The molecule has 0 heterocycles. The number of hydrogen-bond acceptors (Lipinski definition) is 3. The van der Waals surface area contributed by atoms with Gasteiger partial charge in [-0.1, -0.05) is 13.8 Å². The Hall–Kier alpha value is 1.07. The van der Waals surface area contributed by atoms with Gasteiger partial charge in [0.15, 0.2) is 0 Å². The first-order valence-electron chi connectivity index (χ1n) is 2.89. The maximum atomic E-state index is 8.77. The Morgan fingerprint density at radius 2 is 1.55 bits per heavy atom. The van der Waals surface area contributed by atoms with E-state index in [1.807, 2.05) is 0 Å². The van der Waals surface area contributed by atoms with E-state index >= 15 is 0 Å². The van der Waals surface area contributed by atoms with E-state index in [0.29, 0.717) is 0 Å². The molecule has 0 aromatic heterocycles. The van der Waals surface area contributed by atoms with Gasteiger partial charge in [0.25, 0.3) is 7.82 Å². The van der Waals surface area contributed by atoms with Crippen LogP contribution in [0.2, 0.25) is 0 Å². The van der Waals surface area contributed by atoms with Gasteiger partial charge in [0.1, 0.15) is 0 Å². The maximum Gasteiger partial charge on any atom is 1.00 e. The standard InChI is InChI=1S/C4H11N.Na.H3O4P/c1-3-5-4-2;;1-5(2,3)4/h5H,3-4H2,1-2H3;;(H3,1,2,3,4)/q;+1;/p-1. The van der Waals surface area contributed by atoms with Crippen LogP contribution < -0.4 is 39.8 Å². The topological polar surface area (TPSA) is 92.6 Å². The number of nitrogens with one attached hydrogen (secondary N) is 1. The van der Waals surface area contributed by atoms with Crippen molar-refractivity contribution in [2.75, 3.05) is 13.1 Å². The molecule has 0 saturated heterocycles. The Labute approximate surface area is 88.7 Å². The van der Waals surface area contributed by atoms with E-state index in [-0.39, 0.29) is 29.6 Å². The molecule has 64 valence electrons. The molecular formula is C4H13NNaO4P. The summed E-state index contributed by atoms with van der Waals surface area (Å²) in [5.41, 5.74) is 0. The van der Waals surface area contributed by atoms with Crippen LogP contribution in [0, 0.1) is 0 Å². The fourth-order valence-electron chi connectivity index (χ4n) is 0.250. The van der Waals surface area contributed by atoms with Crippen molar-refractivity contribution < 1.29 is 48.8 Å². The van der Waals surface area contributed by atoms with E-state index in [1.165, 1.54) is 0 Å². The van der Waals surface area contributed by atoms with Crippen LogP contribution in [0.4, 0.5) is 0 Å². The summed E-state index contributed by atoms with van der Waals surface area (Å²) in [5.74, 6) is 0. The Bertz CT molecular complexity index is 96.0. The molecule has 0 aliphatic rings. The second kappa shape index (κ2) is 11.1. The maximum absolute atomic E-state index is 8.77. The van der Waals surface area contributed by atoms with Crippen LogP contribution in [0.15, 0.2) is 0 Å². The molecule has 0 spiro atoms. The fraction of sp³-hybridized carbons (Fsp3) is 1.00. The van der Waals surface area contributed by atoms with E-state index in [1.54, 1.807) is 0 Å². The van der Waals surface area contributed by atoms with E-state index in [4.69, 9.17) is 19.2 Å². The van der Waals surface area contributed by atoms with Crippen molar-refractivity contribution in [1.29, 1.82) is 0 Å². The van der Waals surface area contributed by atoms with Gasteiger partial charge in [-0.25, -0.2) is 0 Å². The van der Waals surface area contributed by atoms with E-state index in [0.717, 1.165) is 13.1 Å². The third-order valence-corrected chi connectivity index (χ3v) is 0.500. The zero-order valence-electron chi connectivity index (χ0n) is 7.07. The molecule has 0 rings (SSSR count). The Morgan fingerprint density at radius 1 is 1.36 bits per heavy atom. The summed E-state index contributed by atoms with van der Waals surface area (Å²) in [5, 5.41) is 3.11. The Morgan fingerprint density at radius 3 is 1.55 bits per heavy atom. The number of rotatable bonds is 2. The monoisotopic (exact) mass is 193 g/mol. The van der Waals surface area contributed by atoms with Crippen LogP contribution in [0.3, 0.4) is 0 Å². The van der Waals surface area contributed by atoms with Crippen molar-refractivity contribution in [3.8, 4) is 0 Å². The van der Waals surface area contributed by atoms with Crippen molar-refractivity contribution >= 4 is 7.82 Å². The molecule has 11 heavy (non-hydrogen) atoms. The van der Waals surface area contributed by atoms with Gasteiger partial charge in [-0.2, -0.15) is 0 Å². The van der Waals surface area contributed by atoms with Gasteiger partial charge in [-0.15, -0.1) is 0 Å². The predicted octanol–water partition coefficient (Wildman–Crippen LogP) is -3.94. The molecule has 0 unspecified atom stereocenters. The van der Waals surface area contributed by atoms with Gasteiger partial charge in [-0.05, 0) is 13.1 Å². The summed E-state index contributed by atoms with van der Waals surface area (Å²) in [6.07, 6.45) is 0. The van der Waals surface area contributed by atoms with Gasteiger partial charge >= 0.3 is 29.6 Å². The SMILES string of the molecule is CCNCC.O=P([O-])(O)O.[Na+]. The molecule has 0 saturated carbocycles. The molecule has 0 aliphatic heterocycles. The molecule has 0 fully saturated rings. The normalized spacial score (nSPS) is 9.18. The summed E-state index contributed by atoms with van der Waals surface area (Å²) < 4.78 is 8.77. The average molecular weight is 193 g/mol. The van der Waals surface area contributed by atoms with Crippen molar-refractivity contribution in [2.24, 2.45) is 0 Å². The molecule has 0 amide bonds. The zero-order valence-corrected chi connectivity index (χ0v) is 9.97. The van der Waals surface area contributed by atoms with E-state index in [2.05, 4.69) is 19.2 Å². The van der Waals surface area contributed by atoms with Crippen LogP contribution in [0.5, 0.6) is 0 Å². The largest absolute Gasteiger partial charge is 1.00 e. The molecule has 3 N–H and O–H groups in total.